The number of likely N-dealkylation sites (tertiary alicyclic amines) is 1. The summed E-state index contributed by atoms with van der Waals surface area (Å²) < 4.78 is 0. The van der Waals surface area contributed by atoms with Gasteiger partial charge in [-0.15, -0.1) is 12.4 Å². The highest BCUT2D eigenvalue weighted by Gasteiger charge is 2.31. The van der Waals surface area contributed by atoms with Crippen LogP contribution in [0.1, 0.15) is 38.2 Å². The molecule has 1 aromatic carbocycles. The standard InChI is InChI=1S/C16H23ClN2O.ClH/c1-2-6-15(18)16(20)19-10-5-8-13(19)11-12-7-3-4-9-14(12)17;/h3-4,7,9,13,15H,2,5-6,8,10-11,18H2,1H3;1H. The van der Waals surface area contributed by atoms with Crippen molar-refractivity contribution in [3.8, 4) is 0 Å². The van der Waals surface area contributed by atoms with Crippen LogP contribution in [0.3, 0.4) is 0 Å². The van der Waals surface area contributed by atoms with Gasteiger partial charge in [-0.1, -0.05) is 43.1 Å². The Morgan fingerprint density at radius 2 is 2.19 bits per heavy atom. The zero-order chi connectivity index (χ0) is 14.5. The Kier molecular flexibility index (Phi) is 7.50. The summed E-state index contributed by atoms with van der Waals surface area (Å²) in [5.74, 6) is 0.0985. The molecule has 2 atom stereocenters. The number of nitrogens with two attached hydrogens (primary N) is 1. The van der Waals surface area contributed by atoms with Crippen LogP contribution in [0.15, 0.2) is 24.3 Å². The molecular formula is C16H24Cl2N2O. The maximum atomic E-state index is 12.4. The van der Waals surface area contributed by atoms with E-state index in [0.29, 0.717) is 0 Å². The van der Waals surface area contributed by atoms with Gasteiger partial charge in [0.15, 0.2) is 0 Å². The molecule has 5 heteroatoms. The Morgan fingerprint density at radius 1 is 1.48 bits per heavy atom. The molecule has 0 saturated carbocycles. The van der Waals surface area contributed by atoms with Crippen molar-refractivity contribution >= 4 is 29.9 Å². The zero-order valence-corrected chi connectivity index (χ0v) is 14.0. The quantitative estimate of drug-likeness (QED) is 0.899. The number of hydrogen-bond acceptors (Lipinski definition) is 2. The number of benzene rings is 1. The van der Waals surface area contributed by atoms with Crippen molar-refractivity contribution in [2.45, 2.75) is 51.1 Å². The Balaban J connectivity index is 0.00000220. The summed E-state index contributed by atoms with van der Waals surface area (Å²) >= 11 is 6.21. The van der Waals surface area contributed by atoms with E-state index in [2.05, 4.69) is 6.92 Å². The minimum atomic E-state index is -0.355. The van der Waals surface area contributed by atoms with Crippen molar-refractivity contribution in [1.29, 1.82) is 0 Å². The van der Waals surface area contributed by atoms with Gasteiger partial charge in [0.1, 0.15) is 0 Å². The molecule has 3 nitrogen and oxygen atoms in total. The Morgan fingerprint density at radius 3 is 2.86 bits per heavy atom. The summed E-state index contributed by atoms with van der Waals surface area (Å²) in [4.78, 5) is 14.4. The number of halogens is 2. The number of carbonyl (C=O) groups excluding carboxylic acids is 1. The third-order valence-corrected chi connectivity index (χ3v) is 4.36. The average Bonchev–Trinajstić information content (AvgIpc) is 2.89. The molecule has 1 amide bonds. The van der Waals surface area contributed by atoms with Crippen LogP contribution in [0.2, 0.25) is 5.02 Å². The van der Waals surface area contributed by atoms with E-state index in [1.165, 1.54) is 0 Å². The first-order valence-corrected chi connectivity index (χ1v) is 7.80. The normalized spacial score (nSPS) is 19.2. The van der Waals surface area contributed by atoms with Crippen LogP contribution in [-0.4, -0.2) is 29.4 Å². The van der Waals surface area contributed by atoms with E-state index in [0.717, 1.165) is 49.2 Å². The molecule has 1 aromatic rings. The van der Waals surface area contributed by atoms with E-state index in [1.54, 1.807) is 0 Å². The van der Waals surface area contributed by atoms with E-state index in [1.807, 2.05) is 29.2 Å². The summed E-state index contributed by atoms with van der Waals surface area (Å²) in [6, 6.07) is 7.75. The highest BCUT2D eigenvalue weighted by Crippen LogP contribution is 2.25. The van der Waals surface area contributed by atoms with Gasteiger partial charge in [0, 0.05) is 17.6 Å². The van der Waals surface area contributed by atoms with Gasteiger partial charge in [0.05, 0.1) is 6.04 Å². The van der Waals surface area contributed by atoms with Crippen molar-refractivity contribution in [1.82, 2.24) is 4.90 Å². The van der Waals surface area contributed by atoms with Crippen molar-refractivity contribution in [3.05, 3.63) is 34.9 Å². The van der Waals surface area contributed by atoms with E-state index >= 15 is 0 Å². The lowest BCUT2D eigenvalue weighted by Crippen LogP contribution is -2.46. The predicted molar refractivity (Wildman–Crippen MR) is 90.0 cm³/mol. The van der Waals surface area contributed by atoms with Crippen molar-refractivity contribution < 1.29 is 4.79 Å². The van der Waals surface area contributed by atoms with E-state index in [9.17, 15) is 4.79 Å². The predicted octanol–water partition coefficient (Wildman–Crippen LogP) is 3.42. The van der Waals surface area contributed by atoms with Crippen LogP contribution in [0.4, 0.5) is 0 Å². The summed E-state index contributed by atoms with van der Waals surface area (Å²) in [6.45, 7) is 2.88. The van der Waals surface area contributed by atoms with Gasteiger partial charge in [-0.25, -0.2) is 0 Å². The Labute approximate surface area is 138 Å². The molecule has 21 heavy (non-hydrogen) atoms. The van der Waals surface area contributed by atoms with Gasteiger partial charge in [-0.2, -0.15) is 0 Å². The highest BCUT2D eigenvalue weighted by atomic mass is 35.5. The van der Waals surface area contributed by atoms with Gasteiger partial charge < -0.3 is 10.6 Å². The number of carbonyl (C=O) groups is 1. The molecule has 118 valence electrons. The van der Waals surface area contributed by atoms with E-state index in [4.69, 9.17) is 17.3 Å². The third kappa shape index (κ3) is 4.60. The van der Waals surface area contributed by atoms with Crippen molar-refractivity contribution in [2.24, 2.45) is 5.73 Å². The number of nitrogens with zero attached hydrogens (tertiary/aromatic N) is 1. The second kappa shape index (κ2) is 8.62. The first-order valence-electron chi connectivity index (χ1n) is 7.43. The minimum absolute atomic E-state index is 0. The number of amides is 1. The van der Waals surface area contributed by atoms with Gasteiger partial charge in [-0.05, 0) is 37.3 Å². The Hall–Kier alpha value is -0.770. The molecule has 2 unspecified atom stereocenters. The summed E-state index contributed by atoms with van der Waals surface area (Å²) in [5.41, 5.74) is 7.09. The summed E-state index contributed by atoms with van der Waals surface area (Å²) in [7, 11) is 0. The molecule has 1 saturated heterocycles. The fourth-order valence-electron chi connectivity index (χ4n) is 2.90. The van der Waals surface area contributed by atoms with Crippen LogP contribution < -0.4 is 5.73 Å². The van der Waals surface area contributed by atoms with Gasteiger partial charge in [0.25, 0.3) is 0 Å². The molecule has 0 aromatic heterocycles. The largest absolute Gasteiger partial charge is 0.338 e. The second-order valence-corrected chi connectivity index (χ2v) is 5.93. The van der Waals surface area contributed by atoms with Crippen LogP contribution in [0.25, 0.3) is 0 Å². The van der Waals surface area contributed by atoms with E-state index < -0.39 is 0 Å². The summed E-state index contributed by atoms with van der Waals surface area (Å²) in [5, 5.41) is 0.782. The molecular weight excluding hydrogens is 307 g/mol. The summed E-state index contributed by atoms with van der Waals surface area (Å²) in [6.07, 6.45) is 4.61. The lowest BCUT2D eigenvalue weighted by Gasteiger charge is -2.27. The van der Waals surface area contributed by atoms with Gasteiger partial charge >= 0.3 is 0 Å². The molecule has 0 aliphatic carbocycles. The van der Waals surface area contributed by atoms with Crippen molar-refractivity contribution in [2.75, 3.05) is 6.54 Å². The molecule has 1 heterocycles. The monoisotopic (exact) mass is 330 g/mol. The topological polar surface area (TPSA) is 46.3 Å². The van der Waals surface area contributed by atoms with Crippen LogP contribution in [0, 0.1) is 0 Å². The number of hydrogen-bond donors (Lipinski definition) is 1. The zero-order valence-electron chi connectivity index (χ0n) is 12.4. The third-order valence-electron chi connectivity index (χ3n) is 3.99. The molecule has 2 N–H and O–H groups in total. The van der Waals surface area contributed by atoms with Gasteiger partial charge in [0.2, 0.25) is 5.91 Å². The Bertz CT molecular complexity index is 467. The smallest absolute Gasteiger partial charge is 0.239 e. The minimum Gasteiger partial charge on any atom is -0.338 e. The van der Waals surface area contributed by atoms with E-state index in [-0.39, 0.29) is 30.4 Å². The molecule has 1 aliphatic rings. The molecule has 1 aliphatic heterocycles. The number of rotatable bonds is 5. The maximum Gasteiger partial charge on any atom is 0.239 e. The van der Waals surface area contributed by atoms with Gasteiger partial charge in [-0.3, -0.25) is 4.79 Å². The SMILES string of the molecule is CCCC(N)C(=O)N1CCCC1Cc1ccccc1Cl.Cl. The van der Waals surface area contributed by atoms with Crippen LogP contribution in [0.5, 0.6) is 0 Å². The van der Waals surface area contributed by atoms with Crippen LogP contribution >= 0.6 is 24.0 Å². The first kappa shape index (κ1) is 18.3. The lowest BCUT2D eigenvalue weighted by molar-refractivity contribution is -0.133. The first-order chi connectivity index (χ1) is 9.63. The second-order valence-electron chi connectivity index (χ2n) is 5.52. The molecule has 0 spiro atoms. The molecule has 1 fully saturated rings. The fourth-order valence-corrected chi connectivity index (χ4v) is 3.12. The molecule has 0 bridgehead atoms. The average molecular weight is 331 g/mol. The van der Waals surface area contributed by atoms with Crippen LogP contribution in [-0.2, 0) is 11.2 Å². The lowest BCUT2D eigenvalue weighted by atomic mass is 10.0. The molecule has 2 rings (SSSR count). The fraction of sp³-hybridized carbons (Fsp3) is 0.562. The molecule has 0 radical (unpaired) electrons. The van der Waals surface area contributed by atoms with Crippen molar-refractivity contribution in [3.63, 3.8) is 0 Å². The highest BCUT2D eigenvalue weighted by molar-refractivity contribution is 6.31. The maximum absolute atomic E-state index is 12.4.